The van der Waals surface area contributed by atoms with E-state index in [1.165, 1.54) is 4.90 Å². The summed E-state index contributed by atoms with van der Waals surface area (Å²) in [6.45, 7) is 0.324. The Morgan fingerprint density at radius 3 is 2.88 bits per heavy atom. The Morgan fingerprint density at radius 1 is 1.41 bits per heavy atom. The molecule has 0 aliphatic carbocycles. The van der Waals surface area contributed by atoms with E-state index in [0.29, 0.717) is 12.1 Å². The fourth-order valence-electron chi connectivity index (χ4n) is 1.99. The van der Waals surface area contributed by atoms with Crippen molar-refractivity contribution in [3.05, 3.63) is 36.0 Å². The molecule has 1 heterocycles. The van der Waals surface area contributed by atoms with Crippen LogP contribution in [0.15, 0.2) is 30.5 Å². The predicted octanol–water partition coefficient (Wildman–Crippen LogP) is 1.24. The molecule has 4 heteroatoms. The third-order valence-electron chi connectivity index (χ3n) is 2.91. The van der Waals surface area contributed by atoms with E-state index in [0.717, 1.165) is 10.9 Å². The molecule has 0 fully saturated rings. The van der Waals surface area contributed by atoms with Crippen LogP contribution in [0.1, 0.15) is 10.4 Å². The van der Waals surface area contributed by atoms with Gasteiger partial charge in [0.05, 0.1) is 17.7 Å². The van der Waals surface area contributed by atoms with Crippen LogP contribution >= 0.6 is 0 Å². The number of fused-ring (bicyclic) bond motifs is 1. The molecule has 0 bridgehead atoms. The van der Waals surface area contributed by atoms with E-state index in [2.05, 4.69) is 0 Å². The molecule has 0 saturated carbocycles. The van der Waals surface area contributed by atoms with E-state index >= 15 is 0 Å². The molecule has 2 rings (SSSR count). The minimum absolute atomic E-state index is 0.0225. The van der Waals surface area contributed by atoms with E-state index < -0.39 is 0 Å². The van der Waals surface area contributed by atoms with Gasteiger partial charge in [-0.05, 0) is 12.1 Å². The number of amides is 1. The smallest absolute Gasteiger partial charge is 0.255 e. The Kier molecular flexibility index (Phi) is 3.15. The van der Waals surface area contributed by atoms with Gasteiger partial charge < -0.3 is 14.6 Å². The summed E-state index contributed by atoms with van der Waals surface area (Å²) in [5.41, 5.74) is 1.60. The summed E-state index contributed by atoms with van der Waals surface area (Å²) < 4.78 is 1.94. The average molecular weight is 232 g/mol. The molecule has 0 saturated heterocycles. The number of carbonyl (C=O) groups is 1. The van der Waals surface area contributed by atoms with Crippen LogP contribution < -0.4 is 0 Å². The highest BCUT2D eigenvalue weighted by Gasteiger charge is 2.15. The van der Waals surface area contributed by atoms with Gasteiger partial charge in [0.1, 0.15) is 0 Å². The van der Waals surface area contributed by atoms with Gasteiger partial charge in [-0.15, -0.1) is 0 Å². The Bertz CT molecular complexity index is 545. The highest BCUT2D eigenvalue weighted by atomic mass is 16.3. The number of aromatic nitrogens is 1. The summed E-state index contributed by atoms with van der Waals surface area (Å²) in [6, 6.07) is 7.66. The molecule has 1 aromatic heterocycles. The summed E-state index contributed by atoms with van der Waals surface area (Å²) >= 11 is 0. The zero-order valence-electron chi connectivity index (χ0n) is 10.1. The maximum absolute atomic E-state index is 12.2. The summed E-state index contributed by atoms with van der Waals surface area (Å²) in [4.78, 5) is 13.7. The van der Waals surface area contributed by atoms with E-state index in [4.69, 9.17) is 5.11 Å². The molecule has 90 valence electrons. The molecule has 0 aliphatic rings. The lowest BCUT2D eigenvalue weighted by Crippen LogP contribution is -2.29. The van der Waals surface area contributed by atoms with Crippen molar-refractivity contribution in [1.82, 2.24) is 9.47 Å². The van der Waals surface area contributed by atoms with Crippen molar-refractivity contribution < 1.29 is 9.90 Å². The number of benzene rings is 1. The van der Waals surface area contributed by atoms with Crippen molar-refractivity contribution >= 4 is 16.8 Å². The lowest BCUT2D eigenvalue weighted by Gasteiger charge is -2.16. The van der Waals surface area contributed by atoms with Gasteiger partial charge in [0, 0.05) is 32.2 Å². The van der Waals surface area contributed by atoms with Gasteiger partial charge in [-0.25, -0.2) is 0 Å². The fraction of sp³-hybridized carbons (Fsp3) is 0.308. The standard InChI is InChI=1S/C13H16N2O2/c1-14-7-6-10-4-3-5-11(12(10)14)13(17)15(2)8-9-16/h3-7,16H,8-9H2,1-2H3. The number of aliphatic hydroxyl groups is 1. The molecule has 0 atom stereocenters. The van der Waals surface area contributed by atoms with Crippen LogP contribution in [0.25, 0.3) is 10.9 Å². The second-order valence-electron chi connectivity index (χ2n) is 4.12. The fourth-order valence-corrected chi connectivity index (χ4v) is 1.99. The Morgan fingerprint density at radius 2 is 2.18 bits per heavy atom. The van der Waals surface area contributed by atoms with E-state index in [1.807, 2.05) is 42.1 Å². The maximum Gasteiger partial charge on any atom is 0.255 e. The van der Waals surface area contributed by atoms with Gasteiger partial charge in [-0.3, -0.25) is 4.79 Å². The van der Waals surface area contributed by atoms with Crippen molar-refractivity contribution in [1.29, 1.82) is 0 Å². The quantitative estimate of drug-likeness (QED) is 0.865. The minimum atomic E-state index is -0.0635. The molecular weight excluding hydrogens is 216 g/mol. The monoisotopic (exact) mass is 232 g/mol. The molecule has 0 radical (unpaired) electrons. The van der Waals surface area contributed by atoms with Crippen LogP contribution in [-0.4, -0.2) is 40.7 Å². The van der Waals surface area contributed by atoms with E-state index in [1.54, 1.807) is 7.05 Å². The molecular formula is C13H16N2O2. The van der Waals surface area contributed by atoms with Crippen molar-refractivity contribution in [3.8, 4) is 0 Å². The van der Waals surface area contributed by atoms with Gasteiger partial charge in [-0.2, -0.15) is 0 Å². The summed E-state index contributed by atoms with van der Waals surface area (Å²) in [5.74, 6) is -0.0635. The van der Waals surface area contributed by atoms with Crippen LogP contribution in [0.4, 0.5) is 0 Å². The largest absolute Gasteiger partial charge is 0.395 e. The molecule has 1 aromatic carbocycles. The van der Waals surface area contributed by atoms with Crippen molar-refractivity contribution in [3.63, 3.8) is 0 Å². The summed E-state index contributed by atoms with van der Waals surface area (Å²) in [5, 5.41) is 9.91. The average Bonchev–Trinajstić information content (AvgIpc) is 2.71. The predicted molar refractivity (Wildman–Crippen MR) is 67.0 cm³/mol. The van der Waals surface area contributed by atoms with Gasteiger partial charge in [-0.1, -0.05) is 12.1 Å². The van der Waals surface area contributed by atoms with Gasteiger partial charge in [0.2, 0.25) is 0 Å². The van der Waals surface area contributed by atoms with Gasteiger partial charge in [0.25, 0.3) is 5.91 Å². The number of likely N-dealkylation sites (N-methyl/N-ethyl adjacent to an activating group) is 1. The first-order valence-corrected chi connectivity index (χ1v) is 5.55. The second kappa shape index (κ2) is 4.59. The lowest BCUT2D eigenvalue weighted by atomic mass is 10.1. The van der Waals surface area contributed by atoms with Crippen LogP contribution in [0.2, 0.25) is 0 Å². The lowest BCUT2D eigenvalue weighted by molar-refractivity contribution is 0.0768. The third-order valence-corrected chi connectivity index (χ3v) is 2.91. The molecule has 0 spiro atoms. The number of rotatable bonds is 3. The second-order valence-corrected chi connectivity index (χ2v) is 4.12. The first-order chi connectivity index (χ1) is 8.15. The molecule has 0 unspecified atom stereocenters. The number of hydrogen-bond donors (Lipinski definition) is 1. The van der Waals surface area contributed by atoms with Crippen LogP contribution in [0, 0.1) is 0 Å². The zero-order valence-corrected chi connectivity index (χ0v) is 10.1. The highest BCUT2D eigenvalue weighted by Crippen LogP contribution is 2.20. The third kappa shape index (κ3) is 2.03. The van der Waals surface area contributed by atoms with Crippen LogP contribution in [0.5, 0.6) is 0 Å². The number of carbonyl (C=O) groups excluding carboxylic acids is 1. The van der Waals surface area contributed by atoms with Crippen molar-refractivity contribution in [2.45, 2.75) is 0 Å². The van der Waals surface area contributed by atoms with E-state index in [9.17, 15) is 4.79 Å². The highest BCUT2D eigenvalue weighted by molar-refractivity contribution is 6.05. The zero-order chi connectivity index (χ0) is 12.4. The SMILES string of the molecule is CN(CCO)C(=O)c1cccc2ccn(C)c12. The molecule has 0 aliphatic heterocycles. The Hall–Kier alpha value is -1.81. The molecule has 2 aromatic rings. The topological polar surface area (TPSA) is 45.5 Å². The van der Waals surface area contributed by atoms with Crippen molar-refractivity contribution in [2.75, 3.05) is 20.2 Å². The number of aryl methyl sites for hydroxylation is 1. The number of aliphatic hydroxyl groups excluding tert-OH is 1. The first kappa shape index (κ1) is 11.7. The summed E-state index contributed by atoms with van der Waals surface area (Å²) in [6.07, 6.45) is 1.94. The summed E-state index contributed by atoms with van der Waals surface area (Å²) in [7, 11) is 3.62. The van der Waals surface area contributed by atoms with Gasteiger partial charge >= 0.3 is 0 Å². The molecule has 4 nitrogen and oxygen atoms in total. The number of para-hydroxylation sites is 1. The van der Waals surface area contributed by atoms with Gasteiger partial charge in [0.15, 0.2) is 0 Å². The van der Waals surface area contributed by atoms with Crippen molar-refractivity contribution in [2.24, 2.45) is 7.05 Å². The van der Waals surface area contributed by atoms with Crippen LogP contribution in [-0.2, 0) is 7.05 Å². The normalized spacial score (nSPS) is 10.8. The minimum Gasteiger partial charge on any atom is -0.395 e. The molecule has 17 heavy (non-hydrogen) atoms. The maximum atomic E-state index is 12.2. The Labute approximate surface area is 100 Å². The Balaban J connectivity index is 2.48. The first-order valence-electron chi connectivity index (χ1n) is 5.55. The molecule has 1 amide bonds. The number of hydrogen-bond acceptors (Lipinski definition) is 2. The molecule has 1 N–H and O–H groups in total. The van der Waals surface area contributed by atoms with E-state index in [-0.39, 0.29) is 12.5 Å². The van der Waals surface area contributed by atoms with Crippen LogP contribution in [0.3, 0.4) is 0 Å². The number of nitrogens with zero attached hydrogens (tertiary/aromatic N) is 2.